The van der Waals surface area contributed by atoms with Gasteiger partial charge in [-0.15, -0.1) is 11.3 Å². The van der Waals surface area contributed by atoms with Gasteiger partial charge in [0.2, 0.25) is 17.6 Å². The zero-order valence-corrected chi connectivity index (χ0v) is 13.4. The van der Waals surface area contributed by atoms with Crippen molar-refractivity contribution in [1.82, 2.24) is 10.1 Å². The Labute approximate surface area is 141 Å². The van der Waals surface area contributed by atoms with Gasteiger partial charge in [-0.25, -0.2) is 0 Å². The Morgan fingerprint density at radius 3 is 2.79 bits per heavy atom. The van der Waals surface area contributed by atoms with Gasteiger partial charge in [0.25, 0.3) is 5.91 Å². The predicted molar refractivity (Wildman–Crippen MR) is 89.5 cm³/mol. The highest BCUT2D eigenvalue weighted by molar-refractivity contribution is 7.13. The van der Waals surface area contributed by atoms with Crippen molar-refractivity contribution < 1.29 is 14.1 Å². The van der Waals surface area contributed by atoms with E-state index in [1.54, 1.807) is 24.3 Å². The van der Waals surface area contributed by atoms with Gasteiger partial charge >= 0.3 is 0 Å². The van der Waals surface area contributed by atoms with Gasteiger partial charge in [0.15, 0.2) is 0 Å². The summed E-state index contributed by atoms with van der Waals surface area (Å²) in [6, 6.07) is 10.4. The summed E-state index contributed by atoms with van der Waals surface area (Å²) in [5.41, 5.74) is 5.94. The van der Waals surface area contributed by atoms with Gasteiger partial charge in [-0.05, 0) is 23.6 Å². The summed E-state index contributed by atoms with van der Waals surface area (Å²) in [5, 5.41) is 8.48. The first-order chi connectivity index (χ1) is 11.6. The number of thiophene rings is 1. The lowest BCUT2D eigenvalue weighted by Crippen LogP contribution is -2.18. The van der Waals surface area contributed by atoms with E-state index in [-0.39, 0.29) is 17.9 Å². The Morgan fingerprint density at radius 2 is 2.04 bits per heavy atom. The summed E-state index contributed by atoms with van der Waals surface area (Å²) in [4.78, 5) is 28.5. The smallest absolute Gasteiger partial charge is 0.250 e. The van der Waals surface area contributed by atoms with Crippen LogP contribution in [0.25, 0.3) is 10.7 Å². The summed E-state index contributed by atoms with van der Waals surface area (Å²) in [7, 11) is 0. The van der Waals surface area contributed by atoms with Crippen LogP contribution in [0.2, 0.25) is 0 Å². The monoisotopic (exact) mass is 342 g/mol. The Morgan fingerprint density at radius 1 is 1.21 bits per heavy atom. The van der Waals surface area contributed by atoms with Crippen LogP contribution in [0, 0.1) is 0 Å². The number of aryl methyl sites for hydroxylation is 1. The van der Waals surface area contributed by atoms with E-state index in [0.717, 1.165) is 4.88 Å². The molecule has 0 aliphatic rings. The Bertz CT molecular complexity index is 858. The van der Waals surface area contributed by atoms with Crippen molar-refractivity contribution in [3.63, 3.8) is 0 Å². The predicted octanol–water partition coefficient (Wildman–Crippen LogP) is 2.47. The molecule has 0 saturated heterocycles. The van der Waals surface area contributed by atoms with Crippen molar-refractivity contribution >= 4 is 28.8 Å². The lowest BCUT2D eigenvalue weighted by Gasteiger charge is -2.07. The van der Waals surface area contributed by atoms with Crippen molar-refractivity contribution in [1.29, 1.82) is 0 Å². The molecular formula is C16H14N4O3S. The minimum atomic E-state index is -0.594. The van der Waals surface area contributed by atoms with Gasteiger partial charge in [-0.3, -0.25) is 9.59 Å². The number of aromatic nitrogens is 2. The molecule has 0 radical (unpaired) electrons. The summed E-state index contributed by atoms with van der Waals surface area (Å²) >= 11 is 1.51. The number of amides is 2. The van der Waals surface area contributed by atoms with Crippen molar-refractivity contribution in [3.8, 4) is 10.7 Å². The molecule has 2 heterocycles. The topological polar surface area (TPSA) is 111 Å². The molecule has 1 aromatic carbocycles. The standard InChI is InChI=1S/C16H14N4O3S/c17-15(22)10-4-1-2-5-11(10)18-13(21)7-8-14-19-16(20-23-14)12-6-3-9-24-12/h1-6,9H,7-8H2,(H2,17,22)(H,18,21). The molecule has 2 amide bonds. The van der Waals surface area contributed by atoms with Crippen LogP contribution >= 0.6 is 11.3 Å². The quantitative estimate of drug-likeness (QED) is 0.715. The molecule has 0 aliphatic heterocycles. The molecule has 0 fully saturated rings. The van der Waals surface area contributed by atoms with E-state index in [1.165, 1.54) is 11.3 Å². The lowest BCUT2D eigenvalue weighted by atomic mass is 10.1. The molecule has 3 rings (SSSR count). The first-order valence-corrected chi connectivity index (χ1v) is 8.06. The van der Waals surface area contributed by atoms with Crippen LogP contribution in [0.5, 0.6) is 0 Å². The minimum Gasteiger partial charge on any atom is -0.366 e. The fourth-order valence-corrected chi connectivity index (χ4v) is 2.75. The molecule has 0 saturated carbocycles. The Hall–Kier alpha value is -3.00. The number of nitrogens with two attached hydrogens (primary N) is 1. The third-order valence-corrected chi connectivity index (χ3v) is 4.11. The van der Waals surface area contributed by atoms with Gasteiger partial charge in [0.1, 0.15) is 0 Å². The molecule has 7 nitrogen and oxygen atoms in total. The molecular weight excluding hydrogens is 328 g/mol. The van der Waals surface area contributed by atoms with Crippen molar-refractivity contribution in [2.24, 2.45) is 5.73 Å². The number of primary amides is 1. The Balaban J connectivity index is 1.59. The van der Waals surface area contributed by atoms with Crippen molar-refractivity contribution in [3.05, 3.63) is 53.2 Å². The van der Waals surface area contributed by atoms with Crippen LogP contribution in [-0.2, 0) is 11.2 Å². The molecule has 0 atom stereocenters. The molecule has 0 bridgehead atoms. The van der Waals surface area contributed by atoms with Crippen molar-refractivity contribution in [2.45, 2.75) is 12.8 Å². The van der Waals surface area contributed by atoms with Gasteiger partial charge in [-0.1, -0.05) is 23.4 Å². The number of carbonyl (C=O) groups is 2. The number of nitrogens with zero attached hydrogens (tertiary/aromatic N) is 2. The number of carbonyl (C=O) groups excluding carboxylic acids is 2. The first kappa shape index (κ1) is 15.9. The number of benzene rings is 1. The highest BCUT2D eigenvalue weighted by Gasteiger charge is 2.13. The summed E-state index contributed by atoms with van der Waals surface area (Å²) in [6.45, 7) is 0. The molecule has 24 heavy (non-hydrogen) atoms. The van der Waals surface area contributed by atoms with Crippen LogP contribution in [0.15, 0.2) is 46.3 Å². The van der Waals surface area contributed by atoms with E-state index < -0.39 is 5.91 Å². The van der Waals surface area contributed by atoms with Crippen LogP contribution in [-0.4, -0.2) is 22.0 Å². The normalized spacial score (nSPS) is 10.5. The molecule has 3 N–H and O–H groups in total. The van der Waals surface area contributed by atoms with Crippen LogP contribution in [0.3, 0.4) is 0 Å². The molecule has 8 heteroatoms. The van der Waals surface area contributed by atoms with Crippen LogP contribution in [0.4, 0.5) is 5.69 Å². The fourth-order valence-electron chi connectivity index (χ4n) is 2.10. The summed E-state index contributed by atoms with van der Waals surface area (Å²) in [5.74, 6) is 0.0409. The second-order valence-electron chi connectivity index (χ2n) is 4.95. The SMILES string of the molecule is NC(=O)c1ccccc1NC(=O)CCc1nc(-c2cccs2)no1. The van der Waals surface area contributed by atoms with E-state index in [2.05, 4.69) is 15.5 Å². The van der Waals surface area contributed by atoms with E-state index in [4.69, 9.17) is 10.3 Å². The largest absolute Gasteiger partial charge is 0.366 e. The van der Waals surface area contributed by atoms with Gasteiger partial charge in [-0.2, -0.15) is 4.98 Å². The number of anilines is 1. The van der Waals surface area contributed by atoms with E-state index in [9.17, 15) is 9.59 Å². The third kappa shape index (κ3) is 3.66. The zero-order valence-electron chi connectivity index (χ0n) is 12.6. The van der Waals surface area contributed by atoms with Crippen LogP contribution in [0.1, 0.15) is 22.7 Å². The number of para-hydroxylation sites is 1. The minimum absolute atomic E-state index is 0.152. The highest BCUT2D eigenvalue weighted by atomic mass is 32.1. The van der Waals surface area contributed by atoms with Gasteiger partial charge in [0.05, 0.1) is 16.1 Å². The highest BCUT2D eigenvalue weighted by Crippen LogP contribution is 2.21. The fraction of sp³-hybridized carbons (Fsp3) is 0.125. The number of rotatable bonds is 6. The molecule has 3 aromatic rings. The third-order valence-electron chi connectivity index (χ3n) is 3.24. The number of hydrogen-bond donors (Lipinski definition) is 2. The van der Waals surface area contributed by atoms with Gasteiger partial charge in [0, 0.05) is 12.8 Å². The average molecular weight is 342 g/mol. The second kappa shape index (κ2) is 7.05. The molecule has 0 unspecified atom stereocenters. The number of nitrogens with one attached hydrogen (secondary N) is 1. The maximum absolute atomic E-state index is 12.0. The molecule has 0 spiro atoms. The molecule has 2 aromatic heterocycles. The second-order valence-corrected chi connectivity index (χ2v) is 5.89. The summed E-state index contributed by atoms with van der Waals surface area (Å²) < 4.78 is 5.14. The van der Waals surface area contributed by atoms with Gasteiger partial charge < -0.3 is 15.6 Å². The van der Waals surface area contributed by atoms with E-state index in [1.807, 2.05) is 17.5 Å². The molecule has 0 aliphatic carbocycles. The number of hydrogen-bond acceptors (Lipinski definition) is 6. The van der Waals surface area contributed by atoms with E-state index in [0.29, 0.717) is 23.8 Å². The maximum atomic E-state index is 12.0. The molecule has 122 valence electrons. The van der Waals surface area contributed by atoms with E-state index >= 15 is 0 Å². The van der Waals surface area contributed by atoms with Crippen molar-refractivity contribution in [2.75, 3.05) is 5.32 Å². The average Bonchev–Trinajstić information content (AvgIpc) is 3.24. The summed E-state index contributed by atoms with van der Waals surface area (Å²) in [6.07, 6.45) is 0.460. The Kier molecular flexibility index (Phi) is 4.66. The first-order valence-electron chi connectivity index (χ1n) is 7.18. The van der Waals surface area contributed by atoms with Crippen LogP contribution < -0.4 is 11.1 Å². The maximum Gasteiger partial charge on any atom is 0.250 e. The zero-order chi connectivity index (χ0) is 16.9. The lowest BCUT2D eigenvalue weighted by molar-refractivity contribution is -0.116.